The molecule has 3 N–H and O–H groups in total. The second kappa shape index (κ2) is 5.16. The predicted molar refractivity (Wildman–Crippen MR) is 66.6 cm³/mol. The summed E-state index contributed by atoms with van der Waals surface area (Å²) in [4.78, 5) is 6.54. The fourth-order valence-corrected chi connectivity index (χ4v) is 2.52. The predicted octanol–water partition coefficient (Wildman–Crippen LogP) is 0.530. The second-order valence-electron chi connectivity index (χ2n) is 5.02. The number of hydrogen-bond acceptors (Lipinski definition) is 4. The van der Waals surface area contributed by atoms with Gasteiger partial charge in [0.05, 0.1) is 24.7 Å². The first kappa shape index (κ1) is 12.5. The molecule has 0 radical (unpaired) electrons. The number of aromatic nitrogens is 2. The lowest BCUT2D eigenvalue weighted by Gasteiger charge is -2.36. The van der Waals surface area contributed by atoms with Crippen LogP contribution in [0.1, 0.15) is 37.5 Å². The molecule has 0 bridgehead atoms. The summed E-state index contributed by atoms with van der Waals surface area (Å²) < 4.78 is 2.14. The van der Waals surface area contributed by atoms with Crippen LogP contribution in [-0.4, -0.2) is 45.8 Å². The molecule has 1 aromatic heterocycles. The zero-order chi connectivity index (χ0) is 12.4. The normalized spacial score (nSPS) is 28.2. The van der Waals surface area contributed by atoms with Crippen LogP contribution in [0.5, 0.6) is 0 Å². The molecule has 0 aliphatic carbocycles. The van der Waals surface area contributed by atoms with Crippen LogP contribution >= 0.6 is 0 Å². The lowest BCUT2D eigenvalue weighted by Crippen LogP contribution is -2.39. The van der Waals surface area contributed by atoms with Crippen molar-refractivity contribution in [1.29, 1.82) is 0 Å². The van der Waals surface area contributed by atoms with Crippen LogP contribution < -0.4 is 5.73 Å². The van der Waals surface area contributed by atoms with Gasteiger partial charge in [0.15, 0.2) is 0 Å². The van der Waals surface area contributed by atoms with Crippen molar-refractivity contribution in [3.63, 3.8) is 0 Å². The van der Waals surface area contributed by atoms with Crippen molar-refractivity contribution in [1.82, 2.24) is 14.5 Å². The van der Waals surface area contributed by atoms with E-state index in [0.29, 0.717) is 12.1 Å². The highest BCUT2D eigenvalue weighted by atomic mass is 16.3. The van der Waals surface area contributed by atoms with E-state index < -0.39 is 0 Å². The summed E-state index contributed by atoms with van der Waals surface area (Å²) in [5.41, 5.74) is 6.83. The maximum absolute atomic E-state index is 9.15. The van der Waals surface area contributed by atoms with Gasteiger partial charge >= 0.3 is 0 Å². The third-order valence-corrected chi connectivity index (χ3v) is 3.85. The Morgan fingerprint density at radius 1 is 1.65 bits per heavy atom. The molecule has 0 amide bonds. The van der Waals surface area contributed by atoms with Crippen molar-refractivity contribution in [3.8, 4) is 0 Å². The average molecular weight is 238 g/mol. The summed E-state index contributed by atoms with van der Waals surface area (Å²) >= 11 is 0. The first-order chi connectivity index (χ1) is 8.13. The summed E-state index contributed by atoms with van der Waals surface area (Å²) in [7, 11) is 2.16. The first-order valence-corrected chi connectivity index (χ1v) is 6.22. The number of nitrogens with two attached hydrogens (primary N) is 1. The van der Waals surface area contributed by atoms with Crippen LogP contribution in [0.15, 0.2) is 12.5 Å². The monoisotopic (exact) mass is 238 g/mol. The van der Waals surface area contributed by atoms with E-state index in [2.05, 4.69) is 28.4 Å². The molecular weight excluding hydrogens is 216 g/mol. The van der Waals surface area contributed by atoms with Gasteiger partial charge < -0.3 is 20.3 Å². The highest BCUT2D eigenvalue weighted by molar-refractivity contribution is 5.07. The van der Waals surface area contributed by atoms with E-state index >= 15 is 0 Å². The molecule has 0 aromatic carbocycles. The number of nitrogens with zero attached hydrogens (tertiary/aromatic N) is 3. The lowest BCUT2D eigenvalue weighted by atomic mass is 9.98. The molecule has 1 aliphatic heterocycles. The molecule has 17 heavy (non-hydrogen) atoms. The molecule has 1 fully saturated rings. The van der Waals surface area contributed by atoms with Crippen LogP contribution in [0.4, 0.5) is 0 Å². The zero-order valence-corrected chi connectivity index (χ0v) is 10.6. The number of piperidine rings is 1. The van der Waals surface area contributed by atoms with Crippen LogP contribution in [0.25, 0.3) is 0 Å². The van der Waals surface area contributed by atoms with Gasteiger partial charge in [0.2, 0.25) is 0 Å². The third-order valence-electron chi connectivity index (χ3n) is 3.85. The van der Waals surface area contributed by atoms with Gasteiger partial charge in [-0.3, -0.25) is 0 Å². The van der Waals surface area contributed by atoms with Crippen LogP contribution in [-0.2, 0) is 0 Å². The lowest BCUT2D eigenvalue weighted by molar-refractivity contribution is 0.153. The van der Waals surface area contributed by atoms with E-state index in [-0.39, 0.29) is 12.6 Å². The maximum Gasteiger partial charge on any atom is 0.0951 e. The molecule has 1 saturated heterocycles. The van der Waals surface area contributed by atoms with Crippen molar-refractivity contribution in [2.75, 3.05) is 20.2 Å². The van der Waals surface area contributed by atoms with E-state index in [0.717, 1.165) is 25.1 Å². The number of imidazole rings is 1. The Kier molecular flexibility index (Phi) is 3.81. The van der Waals surface area contributed by atoms with Gasteiger partial charge in [0.1, 0.15) is 0 Å². The number of aliphatic hydroxyl groups is 1. The van der Waals surface area contributed by atoms with Crippen molar-refractivity contribution < 1.29 is 5.11 Å². The Balaban J connectivity index is 2.15. The molecule has 5 heteroatoms. The second-order valence-corrected chi connectivity index (χ2v) is 5.02. The standard InChI is InChI=1S/C12H22N4O/c1-9-5-10(3-4-15(9)2)16-8-14-6-12(16)11(13)7-17/h6,8-11,17H,3-5,7,13H2,1-2H3. The average Bonchev–Trinajstić information content (AvgIpc) is 2.80. The minimum Gasteiger partial charge on any atom is -0.394 e. The smallest absolute Gasteiger partial charge is 0.0951 e. The van der Waals surface area contributed by atoms with Gasteiger partial charge in [-0.15, -0.1) is 0 Å². The molecular formula is C12H22N4O. The number of likely N-dealkylation sites (tertiary alicyclic amines) is 1. The molecule has 0 saturated carbocycles. The topological polar surface area (TPSA) is 67.3 Å². The first-order valence-electron chi connectivity index (χ1n) is 6.22. The summed E-state index contributed by atoms with van der Waals surface area (Å²) in [6.07, 6.45) is 5.83. The van der Waals surface area contributed by atoms with E-state index in [1.54, 1.807) is 6.20 Å². The van der Waals surface area contributed by atoms with Gasteiger partial charge in [-0.05, 0) is 26.8 Å². The Bertz CT molecular complexity index is 365. The van der Waals surface area contributed by atoms with Crippen molar-refractivity contribution in [3.05, 3.63) is 18.2 Å². The van der Waals surface area contributed by atoms with Gasteiger partial charge in [0.25, 0.3) is 0 Å². The van der Waals surface area contributed by atoms with Gasteiger partial charge in [-0.2, -0.15) is 0 Å². The summed E-state index contributed by atoms with van der Waals surface area (Å²) in [5, 5.41) is 9.15. The third kappa shape index (κ3) is 2.51. The SMILES string of the molecule is CC1CC(n2cncc2C(N)CO)CCN1C. The number of hydrogen-bond donors (Lipinski definition) is 2. The highest BCUT2D eigenvalue weighted by Gasteiger charge is 2.26. The fourth-order valence-electron chi connectivity index (χ4n) is 2.52. The molecule has 2 rings (SSSR count). The maximum atomic E-state index is 9.15. The minimum atomic E-state index is -0.326. The largest absolute Gasteiger partial charge is 0.394 e. The Hall–Kier alpha value is -0.910. The summed E-state index contributed by atoms with van der Waals surface area (Å²) in [6, 6.07) is 0.707. The van der Waals surface area contributed by atoms with Gasteiger partial charge in [-0.25, -0.2) is 4.98 Å². The number of aliphatic hydroxyl groups excluding tert-OH is 1. The Morgan fingerprint density at radius 2 is 2.41 bits per heavy atom. The summed E-state index contributed by atoms with van der Waals surface area (Å²) in [5.74, 6) is 0. The van der Waals surface area contributed by atoms with Gasteiger partial charge in [-0.1, -0.05) is 0 Å². The molecule has 96 valence electrons. The van der Waals surface area contributed by atoms with Gasteiger partial charge in [0, 0.05) is 24.8 Å². The molecule has 1 aromatic rings. The minimum absolute atomic E-state index is 0.0339. The zero-order valence-electron chi connectivity index (χ0n) is 10.6. The van der Waals surface area contributed by atoms with E-state index in [4.69, 9.17) is 10.8 Å². The molecule has 3 atom stereocenters. The van der Waals surface area contributed by atoms with Crippen molar-refractivity contribution in [2.45, 2.75) is 37.9 Å². The van der Waals surface area contributed by atoms with E-state index in [1.807, 2.05) is 6.33 Å². The molecule has 1 aliphatic rings. The Labute approximate surface area is 102 Å². The molecule has 5 nitrogen and oxygen atoms in total. The van der Waals surface area contributed by atoms with Crippen LogP contribution in [0.3, 0.4) is 0 Å². The Morgan fingerprint density at radius 3 is 3.06 bits per heavy atom. The molecule has 2 heterocycles. The molecule has 3 unspecified atom stereocenters. The fraction of sp³-hybridized carbons (Fsp3) is 0.750. The number of rotatable bonds is 3. The quantitative estimate of drug-likeness (QED) is 0.806. The van der Waals surface area contributed by atoms with Crippen molar-refractivity contribution >= 4 is 0 Å². The van der Waals surface area contributed by atoms with E-state index in [1.165, 1.54) is 0 Å². The van der Waals surface area contributed by atoms with E-state index in [9.17, 15) is 0 Å². The summed E-state index contributed by atoms with van der Waals surface area (Å²) in [6.45, 7) is 3.31. The highest BCUT2D eigenvalue weighted by Crippen LogP contribution is 2.28. The van der Waals surface area contributed by atoms with Crippen LogP contribution in [0.2, 0.25) is 0 Å². The van der Waals surface area contributed by atoms with Crippen molar-refractivity contribution in [2.24, 2.45) is 5.73 Å². The molecule has 0 spiro atoms. The van der Waals surface area contributed by atoms with Crippen LogP contribution in [0, 0.1) is 0 Å².